The summed E-state index contributed by atoms with van der Waals surface area (Å²) in [6.45, 7) is -0.0876. The van der Waals surface area contributed by atoms with Crippen LogP contribution in [0.3, 0.4) is 0 Å². The van der Waals surface area contributed by atoms with Crippen molar-refractivity contribution in [1.29, 1.82) is 0 Å². The second-order valence-corrected chi connectivity index (χ2v) is 10.5. The van der Waals surface area contributed by atoms with Gasteiger partial charge in [-0.05, 0) is 62.8 Å². The lowest BCUT2D eigenvalue weighted by Crippen LogP contribution is -2.55. The Kier molecular flexibility index (Phi) is 14.5. The molecule has 1 aliphatic rings. The van der Waals surface area contributed by atoms with E-state index in [0.717, 1.165) is 0 Å². The van der Waals surface area contributed by atoms with Gasteiger partial charge in [0.15, 0.2) is 11.7 Å². The van der Waals surface area contributed by atoms with Crippen molar-refractivity contribution in [3.05, 3.63) is 29.8 Å². The van der Waals surface area contributed by atoms with Gasteiger partial charge >= 0.3 is 5.97 Å². The van der Waals surface area contributed by atoms with E-state index in [1.54, 1.807) is 12.1 Å². The van der Waals surface area contributed by atoms with Crippen LogP contribution in [0.1, 0.15) is 50.5 Å². The monoisotopic (exact) mass is 618 g/mol. The molecule has 12 N–H and O–H groups in total. The lowest BCUT2D eigenvalue weighted by molar-refractivity contribution is -0.140. The predicted octanol–water partition coefficient (Wildman–Crippen LogP) is -2.25. The number of benzene rings is 1. The summed E-state index contributed by atoms with van der Waals surface area (Å²) in [6.07, 6.45) is 0.386. The van der Waals surface area contributed by atoms with E-state index >= 15 is 0 Å². The summed E-state index contributed by atoms with van der Waals surface area (Å²) in [5.41, 5.74) is 16.9. The molecule has 0 unspecified atom stereocenters. The van der Waals surface area contributed by atoms with E-state index in [2.05, 4.69) is 26.3 Å². The van der Waals surface area contributed by atoms with Crippen LogP contribution in [0.2, 0.25) is 0 Å². The number of carbonyl (C=O) groups is 6. The van der Waals surface area contributed by atoms with Crippen molar-refractivity contribution < 1.29 is 39.0 Å². The normalized spacial score (nSPS) is 22.0. The van der Waals surface area contributed by atoms with E-state index in [1.165, 1.54) is 12.1 Å². The average Bonchev–Trinajstić information content (AvgIpc) is 2.96. The van der Waals surface area contributed by atoms with Crippen LogP contribution in [0.4, 0.5) is 0 Å². The first kappa shape index (κ1) is 35.5. The van der Waals surface area contributed by atoms with Gasteiger partial charge in [0.2, 0.25) is 23.6 Å². The smallest absolute Gasteiger partial charge is 0.305 e. The number of carboxylic acid groups (broad SMARTS) is 1. The zero-order chi connectivity index (χ0) is 32.6. The first-order valence-electron chi connectivity index (χ1n) is 14.3. The summed E-state index contributed by atoms with van der Waals surface area (Å²) in [5, 5.41) is 29.1. The minimum absolute atomic E-state index is 0.00627. The molecule has 1 heterocycles. The van der Waals surface area contributed by atoms with Crippen LogP contribution in [0.25, 0.3) is 0 Å². The Bertz CT molecular complexity index is 1200. The van der Waals surface area contributed by atoms with Gasteiger partial charge in [0, 0.05) is 18.9 Å². The zero-order valence-corrected chi connectivity index (χ0v) is 24.4. The Hall–Kier alpha value is -4.73. The number of aliphatic imine (C=N–C) groups is 1. The second-order valence-electron chi connectivity index (χ2n) is 10.5. The summed E-state index contributed by atoms with van der Waals surface area (Å²) >= 11 is 0. The van der Waals surface area contributed by atoms with Crippen molar-refractivity contribution in [2.75, 3.05) is 19.6 Å². The minimum Gasteiger partial charge on any atom is -0.508 e. The summed E-state index contributed by atoms with van der Waals surface area (Å²) < 4.78 is 0. The Morgan fingerprint density at radius 3 is 2.14 bits per heavy atom. The molecule has 4 atom stereocenters. The number of hydrogen-bond acceptors (Lipinski definition) is 9. The highest BCUT2D eigenvalue weighted by Gasteiger charge is 2.33. The molecule has 1 aromatic carbocycles. The number of phenols is 1. The highest BCUT2D eigenvalue weighted by atomic mass is 16.4. The third-order valence-corrected chi connectivity index (χ3v) is 6.92. The fraction of sp³-hybridized carbons (Fsp3) is 0.536. The molecule has 0 saturated carbocycles. The lowest BCUT2D eigenvalue weighted by atomic mass is 9.90. The molecule has 16 heteroatoms. The van der Waals surface area contributed by atoms with Gasteiger partial charge in [-0.3, -0.25) is 33.8 Å². The fourth-order valence-electron chi connectivity index (χ4n) is 4.61. The van der Waals surface area contributed by atoms with E-state index < -0.39 is 78.8 Å². The molecular weight excluding hydrogens is 576 g/mol. The van der Waals surface area contributed by atoms with Gasteiger partial charge in [-0.1, -0.05) is 12.1 Å². The number of guanidine groups is 1. The number of nitrogens with two attached hydrogens (primary N) is 3. The highest BCUT2D eigenvalue weighted by Crippen LogP contribution is 2.19. The Morgan fingerprint density at radius 1 is 0.864 bits per heavy atom. The van der Waals surface area contributed by atoms with Gasteiger partial charge in [0.1, 0.15) is 17.8 Å². The fourth-order valence-corrected chi connectivity index (χ4v) is 4.61. The largest absolute Gasteiger partial charge is 0.508 e. The van der Waals surface area contributed by atoms with Crippen molar-refractivity contribution >= 4 is 41.3 Å². The molecule has 16 nitrogen and oxygen atoms in total. The highest BCUT2D eigenvalue weighted by molar-refractivity contribution is 5.98. The molecule has 2 rings (SSSR count). The molecule has 1 fully saturated rings. The number of aliphatic carboxylic acids is 1. The number of Topliss-reactive ketones (excluding diaryl/α,β-unsaturated/α-hetero) is 1. The maximum Gasteiger partial charge on any atom is 0.305 e. The molecule has 1 saturated heterocycles. The molecule has 4 amide bonds. The minimum atomic E-state index is -1.48. The maximum absolute atomic E-state index is 13.6. The number of carboxylic acids is 1. The van der Waals surface area contributed by atoms with Crippen LogP contribution in [0.15, 0.2) is 29.3 Å². The predicted molar refractivity (Wildman–Crippen MR) is 159 cm³/mol. The average molecular weight is 619 g/mol. The number of ketones is 1. The number of phenolic OH excluding ortho intramolecular Hbond substituents is 1. The Balaban J connectivity index is 2.45. The van der Waals surface area contributed by atoms with Gasteiger partial charge < -0.3 is 48.7 Å². The molecule has 0 radical (unpaired) electrons. The quantitative estimate of drug-likeness (QED) is 0.0685. The number of amides is 4. The number of nitrogens with zero attached hydrogens (tertiary/aromatic N) is 1. The lowest BCUT2D eigenvalue weighted by Gasteiger charge is -2.25. The molecule has 44 heavy (non-hydrogen) atoms. The molecular formula is C28H42N8O8. The number of unbranched alkanes of at least 4 members (excludes halogenated alkanes) is 1. The van der Waals surface area contributed by atoms with Gasteiger partial charge in [-0.2, -0.15) is 0 Å². The summed E-state index contributed by atoms with van der Waals surface area (Å²) in [7, 11) is 0. The summed E-state index contributed by atoms with van der Waals surface area (Å²) in [4.78, 5) is 81.5. The molecule has 1 aromatic rings. The second kappa shape index (κ2) is 18.0. The third-order valence-electron chi connectivity index (χ3n) is 6.92. The number of carbonyl (C=O) groups excluding carboxylic acids is 5. The zero-order valence-electron chi connectivity index (χ0n) is 24.4. The van der Waals surface area contributed by atoms with Crippen molar-refractivity contribution in [3.63, 3.8) is 0 Å². The molecule has 0 aromatic heterocycles. The van der Waals surface area contributed by atoms with Crippen LogP contribution >= 0.6 is 0 Å². The van der Waals surface area contributed by atoms with Crippen LogP contribution in [0.5, 0.6) is 5.75 Å². The Morgan fingerprint density at radius 2 is 1.50 bits per heavy atom. The first-order chi connectivity index (χ1) is 20.9. The number of rotatable bonds is 12. The van der Waals surface area contributed by atoms with Crippen LogP contribution in [-0.2, 0) is 35.2 Å². The van der Waals surface area contributed by atoms with E-state index in [0.29, 0.717) is 24.9 Å². The van der Waals surface area contributed by atoms with E-state index in [-0.39, 0.29) is 43.9 Å². The number of aromatic hydroxyl groups is 1. The Labute approximate surface area is 254 Å². The number of hydrogen-bond donors (Lipinski definition) is 9. The van der Waals surface area contributed by atoms with E-state index in [9.17, 15) is 39.0 Å². The van der Waals surface area contributed by atoms with Gasteiger partial charge in [0.25, 0.3) is 0 Å². The molecule has 242 valence electrons. The van der Waals surface area contributed by atoms with Gasteiger partial charge in [-0.25, -0.2) is 0 Å². The maximum atomic E-state index is 13.6. The molecule has 0 aliphatic carbocycles. The van der Waals surface area contributed by atoms with Crippen LogP contribution < -0.4 is 38.5 Å². The van der Waals surface area contributed by atoms with Crippen molar-refractivity contribution in [2.24, 2.45) is 28.1 Å². The molecule has 0 bridgehead atoms. The van der Waals surface area contributed by atoms with E-state index in [4.69, 9.17) is 17.2 Å². The van der Waals surface area contributed by atoms with Crippen LogP contribution in [-0.4, -0.2) is 89.3 Å². The summed E-state index contributed by atoms with van der Waals surface area (Å²) in [5.74, 6) is -6.17. The van der Waals surface area contributed by atoms with Crippen molar-refractivity contribution in [2.45, 2.75) is 69.5 Å². The standard InChI is InChI=1S/C28H42N8O8/c29-10-2-1-4-20-27(44)36-19(5-3-11-32-28(30)31)26(43)33-15-23(39)34-21(14-24(40)41)22(38)13-17(25(42)35-20)12-16-6-8-18(37)9-7-16/h6-9,17,19-21,37H,1-5,10-15,29H2,(H,33,43)(H,34,39)(H,35,42)(H,36,44)(H,40,41)(H4,30,31,32)/t17-,19-,20-,21-/m0/s1. The van der Waals surface area contributed by atoms with Crippen molar-refractivity contribution in [3.8, 4) is 5.75 Å². The number of nitrogens with one attached hydrogen (secondary N) is 4. The first-order valence-corrected chi connectivity index (χ1v) is 14.3. The third kappa shape index (κ3) is 12.6. The molecule has 0 spiro atoms. The van der Waals surface area contributed by atoms with Crippen molar-refractivity contribution in [1.82, 2.24) is 21.3 Å². The van der Waals surface area contributed by atoms with E-state index in [1.807, 2.05) is 0 Å². The van der Waals surface area contributed by atoms with Gasteiger partial charge in [-0.15, -0.1) is 0 Å². The van der Waals surface area contributed by atoms with Crippen LogP contribution in [0, 0.1) is 5.92 Å². The molecule has 1 aliphatic heterocycles. The topological polar surface area (TPSA) is 281 Å². The SMILES string of the molecule is NCCCC[C@@H]1NC(=O)[C@@H](Cc2ccc(O)cc2)CC(=O)[C@H](CC(=O)O)NC(=O)CNC(=O)[C@H](CCCN=C(N)N)NC1=O. The summed E-state index contributed by atoms with van der Waals surface area (Å²) in [6, 6.07) is 2.24. The van der Waals surface area contributed by atoms with Gasteiger partial charge in [0.05, 0.1) is 19.0 Å².